The Kier molecular flexibility index (Phi) is 9.10. The normalized spacial score (nSPS) is 22.0. The zero-order chi connectivity index (χ0) is 35.2. The Labute approximate surface area is 294 Å². The molecule has 0 unspecified atom stereocenters. The summed E-state index contributed by atoms with van der Waals surface area (Å²) in [6.07, 6.45) is 4.42. The van der Waals surface area contributed by atoms with Crippen molar-refractivity contribution in [3.8, 4) is 5.75 Å². The molecule has 13 heteroatoms. The van der Waals surface area contributed by atoms with Crippen LogP contribution < -0.4 is 4.74 Å². The van der Waals surface area contributed by atoms with Gasteiger partial charge in [-0.15, -0.1) is 11.3 Å². The van der Waals surface area contributed by atoms with E-state index in [1.165, 1.54) is 16.2 Å². The summed E-state index contributed by atoms with van der Waals surface area (Å²) in [5, 5.41) is 0. The molecular formula is C37H41N5O7S. The number of ether oxygens (including phenoxy) is 2. The average Bonchev–Trinajstić information content (AvgIpc) is 3.86. The van der Waals surface area contributed by atoms with Crippen molar-refractivity contribution < 1.29 is 33.4 Å². The van der Waals surface area contributed by atoms with E-state index in [-0.39, 0.29) is 24.6 Å². The van der Waals surface area contributed by atoms with Crippen molar-refractivity contribution in [1.29, 1.82) is 0 Å². The first-order chi connectivity index (χ1) is 24.0. The lowest BCUT2D eigenvalue weighted by molar-refractivity contribution is -0.161. The lowest BCUT2D eigenvalue weighted by Crippen LogP contribution is -2.57. The van der Waals surface area contributed by atoms with Crippen LogP contribution in [-0.4, -0.2) is 105 Å². The fourth-order valence-corrected chi connectivity index (χ4v) is 8.03. The summed E-state index contributed by atoms with van der Waals surface area (Å²) in [4.78, 5) is 79.3. The molecule has 0 spiro atoms. The van der Waals surface area contributed by atoms with Gasteiger partial charge in [-0.2, -0.15) is 0 Å². The van der Waals surface area contributed by atoms with Gasteiger partial charge in [-0.05, 0) is 70.2 Å². The van der Waals surface area contributed by atoms with Gasteiger partial charge < -0.3 is 24.2 Å². The zero-order valence-electron chi connectivity index (χ0n) is 28.5. The van der Waals surface area contributed by atoms with E-state index in [1.54, 1.807) is 71.4 Å². The standard InChI is InChI=1S/C37H41N5O7S/c1-37(2,3)49-35(46)27-12-6-7-16-40(27)36(47)41-18-14-23-9-8-13-29(48-24-15-17-39(20-24)34(45)30-19-38-22-50-30)31(23)28(41)21-42-32(43)25-10-4-5-11-26(25)33(42)44/h4-5,8-11,13,19,22,24,27-28H,6-7,12,14-18,20-21H2,1-3H3/t24-,27+,28+/m0/s1. The number of benzene rings is 2. The van der Waals surface area contributed by atoms with Crippen molar-refractivity contribution >= 4 is 41.1 Å². The van der Waals surface area contributed by atoms with Crippen LogP contribution in [0, 0.1) is 0 Å². The molecule has 0 bridgehead atoms. The van der Waals surface area contributed by atoms with E-state index in [0.29, 0.717) is 67.2 Å². The van der Waals surface area contributed by atoms with E-state index < -0.39 is 35.5 Å². The number of hydrogen-bond acceptors (Lipinski definition) is 9. The van der Waals surface area contributed by atoms with Gasteiger partial charge >= 0.3 is 12.0 Å². The van der Waals surface area contributed by atoms with Crippen LogP contribution >= 0.6 is 11.3 Å². The maximum atomic E-state index is 14.7. The van der Waals surface area contributed by atoms with Gasteiger partial charge in [0.15, 0.2) is 0 Å². The number of esters is 1. The summed E-state index contributed by atoms with van der Waals surface area (Å²) in [5.41, 5.74) is 3.25. The van der Waals surface area contributed by atoms with Crippen molar-refractivity contribution in [2.24, 2.45) is 0 Å². The SMILES string of the molecule is CC(C)(C)OC(=O)[C@H]1CCCCN1C(=O)N1CCc2cccc(O[C@H]3CCN(C(=O)c4cncs4)C3)c2[C@H]1CN1C(=O)c2ccccc2C1=O. The molecule has 7 rings (SSSR count). The third kappa shape index (κ3) is 6.46. The molecule has 4 aliphatic rings. The van der Waals surface area contributed by atoms with Gasteiger partial charge in [-0.1, -0.05) is 24.3 Å². The molecule has 262 valence electrons. The number of imide groups is 1. The highest BCUT2D eigenvalue weighted by Crippen LogP contribution is 2.41. The molecule has 0 aliphatic carbocycles. The quantitative estimate of drug-likeness (QED) is 0.261. The van der Waals surface area contributed by atoms with Crippen LogP contribution in [0.15, 0.2) is 54.2 Å². The average molecular weight is 700 g/mol. The molecule has 2 saturated heterocycles. The maximum Gasteiger partial charge on any atom is 0.329 e. The second kappa shape index (κ2) is 13.5. The Bertz CT molecular complexity index is 1790. The summed E-state index contributed by atoms with van der Waals surface area (Å²) in [6, 6.07) is 10.6. The van der Waals surface area contributed by atoms with Crippen LogP contribution in [0.25, 0.3) is 0 Å². The van der Waals surface area contributed by atoms with Crippen LogP contribution in [0.3, 0.4) is 0 Å². The van der Waals surface area contributed by atoms with E-state index >= 15 is 0 Å². The van der Waals surface area contributed by atoms with E-state index in [2.05, 4.69) is 4.98 Å². The van der Waals surface area contributed by atoms with E-state index in [1.807, 2.05) is 18.2 Å². The van der Waals surface area contributed by atoms with Crippen molar-refractivity contribution in [2.45, 2.75) is 76.7 Å². The van der Waals surface area contributed by atoms with E-state index in [0.717, 1.165) is 24.0 Å². The summed E-state index contributed by atoms with van der Waals surface area (Å²) >= 11 is 1.30. The number of rotatable bonds is 6. The molecule has 5 heterocycles. The Balaban J connectivity index is 1.21. The van der Waals surface area contributed by atoms with Gasteiger partial charge in [0, 0.05) is 31.6 Å². The largest absolute Gasteiger partial charge is 0.488 e. The predicted octanol–water partition coefficient (Wildman–Crippen LogP) is 4.95. The first-order valence-corrected chi connectivity index (χ1v) is 18.1. The van der Waals surface area contributed by atoms with Crippen molar-refractivity contribution in [2.75, 3.05) is 32.7 Å². The summed E-state index contributed by atoms with van der Waals surface area (Å²) in [7, 11) is 0. The molecule has 0 radical (unpaired) electrons. The van der Waals surface area contributed by atoms with Crippen LogP contribution in [0.2, 0.25) is 0 Å². The first kappa shape index (κ1) is 33.7. The summed E-state index contributed by atoms with van der Waals surface area (Å²) in [6.45, 7) is 6.95. The number of hydrogen-bond donors (Lipinski definition) is 0. The van der Waals surface area contributed by atoms with E-state index in [4.69, 9.17) is 9.47 Å². The summed E-state index contributed by atoms with van der Waals surface area (Å²) in [5.74, 6) is -0.819. The Hall–Kier alpha value is -4.78. The molecule has 2 fully saturated rings. The minimum Gasteiger partial charge on any atom is -0.488 e. The third-order valence-corrected chi connectivity index (χ3v) is 10.5. The van der Waals surface area contributed by atoms with Crippen LogP contribution in [-0.2, 0) is 16.0 Å². The number of carbonyl (C=O) groups is 5. The third-order valence-electron chi connectivity index (χ3n) is 9.76. The van der Waals surface area contributed by atoms with Crippen LogP contribution in [0.5, 0.6) is 5.75 Å². The monoisotopic (exact) mass is 699 g/mol. The fraction of sp³-hybridized carbons (Fsp3) is 0.459. The number of carbonyl (C=O) groups excluding carboxylic acids is 5. The van der Waals surface area contributed by atoms with Crippen LogP contribution in [0.4, 0.5) is 4.79 Å². The highest BCUT2D eigenvalue weighted by Gasteiger charge is 2.45. The number of aromatic nitrogens is 1. The molecule has 0 N–H and O–H groups in total. The summed E-state index contributed by atoms with van der Waals surface area (Å²) < 4.78 is 12.4. The molecule has 12 nitrogen and oxygen atoms in total. The molecule has 3 aromatic rings. The first-order valence-electron chi connectivity index (χ1n) is 17.2. The fourth-order valence-electron chi connectivity index (χ4n) is 7.44. The number of thiazole rings is 1. The molecule has 2 aromatic carbocycles. The van der Waals surface area contributed by atoms with Crippen molar-refractivity contribution in [3.05, 3.63) is 81.3 Å². The number of piperidine rings is 1. The Morgan fingerprint density at radius 2 is 1.68 bits per heavy atom. The van der Waals surface area contributed by atoms with Crippen molar-refractivity contribution in [3.63, 3.8) is 0 Å². The minimum atomic E-state index is -0.748. The van der Waals surface area contributed by atoms with Gasteiger partial charge in [-0.25, -0.2) is 9.59 Å². The number of fused-ring (bicyclic) bond motifs is 2. The molecular weight excluding hydrogens is 659 g/mol. The van der Waals surface area contributed by atoms with Gasteiger partial charge in [-0.3, -0.25) is 24.3 Å². The topological polar surface area (TPSA) is 130 Å². The second-order valence-electron chi connectivity index (χ2n) is 14.2. The molecule has 0 saturated carbocycles. The van der Waals surface area contributed by atoms with Gasteiger partial charge in [0.05, 0.1) is 42.0 Å². The smallest absolute Gasteiger partial charge is 0.329 e. The number of amides is 5. The number of likely N-dealkylation sites (tertiary alicyclic amines) is 2. The number of nitrogens with zero attached hydrogens (tertiary/aromatic N) is 5. The predicted molar refractivity (Wildman–Crippen MR) is 184 cm³/mol. The molecule has 3 atom stereocenters. The minimum absolute atomic E-state index is 0.0863. The highest BCUT2D eigenvalue weighted by atomic mass is 32.1. The molecule has 1 aromatic heterocycles. The zero-order valence-corrected chi connectivity index (χ0v) is 29.3. The Morgan fingerprint density at radius 3 is 2.38 bits per heavy atom. The van der Waals surface area contributed by atoms with E-state index in [9.17, 15) is 24.0 Å². The van der Waals surface area contributed by atoms with Gasteiger partial charge in [0.2, 0.25) is 0 Å². The highest BCUT2D eigenvalue weighted by molar-refractivity contribution is 7.11. The maximum absolute atomic E-state index is 14.7. The number of urea groups is 1. The molecule has 5 amide bonds. The molecule has 50 heavy (non-hydrogen) atoms. The second-order valence-corrected chi connectivity index (χ2v) is 15.1. The van der Waals surface area contributed by atoms with Crippen molar-refractivity contribution in [1.82, 2.24) is 24.6 Å². The lowest BCUT2D eigenvalue weighted by Gasteiger charge is -2.44. The Morgan fingerprint density at radius 1 is 0.920 bits per heavy atom. The van der Waals surface area contributed by atoms with Gasteiger partial charge in [0.25, 0.3) is 17.7 Å². The van der Waals surface area contributed by atoms with Gasteiger partial charge in [0.1, 0.15) is 28.4 Å². The molecule has 4 aliphatic heterocycles. The lowest BCUT2D eigenvalue weighted by atomic mass is 9.91. The van der Waals surface area contributed by atoms with Crippen LogP contribution in [0.1, 0.15) is 94.0 Å².